The number of rotatable bonds is 1. The van der Waals surface area contributed by atoms with E-state index < -0.39 is 23.1 Å². The van der Waals surface area contributed by atoms with Crippen molar-refractivity contribution < 1.29 is 19.0 Å². The highest BCUT2D eigenvalue weighted by Crippen LogP contribution is 2.17. The maximum Gasteiger partial charge on any atom is 0.207 e. The molecular weight excluding hydrogens is 168 g/mol. The lowest BCUT2D eigenvalue weighted by molar-refractivity contribution is -0.158. The summed E-state index contributed by atoms with van der Waals surface area (Å²) in [5.74, 6) is -4.32. The Morgan fingerprint density at radius 2 is 2.00 bits per heavy atom. The van der Waals surface area contributed by atoms with E-state index in [1.54, 1.807) is 0 Å². The van der Waals surface area contributed by atoms with Gasteiger partial charge in [-0.3, -0.25) is 0 Å². The maximum absolute atomic E-state index is 12.7. The van der Waals surface area contributed by atoms with Crippen molar-refractivity contribution in [2.24, 2.45) is 0 Å². The van der Waals surface area contributed by atoms with Gasteiger partial charge >= 0.3 is 0 Å². The molecule has 66 valence electrons. The molecule has 0 bridgehead atoms. The molecular formula is C7H7F2NO2. The zero-order valence-electron chi connectivity index (χ0n) is 6.25. The Balaban J connectivity index is 3.19. The van der Waals surface area contributed by atoms with Crippen LogP contribution in [0.5, 0.6) is 0 Å². The third-order valence-corrected chi connectivity index (χ3v) is 1.26. The molecule has 0 saturated heterocycles. The van der Waals surface area contributed by atoms with Crippen LogP contribution in [-0.4, -0.2) is 15.2 Å². The molecule has 0 spiro atoms. The van der Waals surface area contributed by atoms with E-state index in [0.29, 0.717) is 12.3 Å². The number of hydrogen-bond donors (Lipinski definition) is 2. The highest BCUT2D eigenvalue weighted by molar-refractivity contribution is 5.12. The van der Waals surface area contributed by atoms with E-state index in [2.05, 4.69) is 4.98 Å². The second-order valence-electron chi connectivity index (χ2n) is 2.50. The van der Waals surface area contributed by atoms with E-state index in [1.165, 1.54) is 0 Å². The fraction of sp³-hybridized carbons (Fsp3) is 0.286. The Morgan fingerprint density at radius 1 is 1.42 bits per heavy atom. The van der Waals surface area contributed by atoms with Crippen LogP contribution in [0.3, 0.4) is 0 Å². The minimum atomic E-state index is -2.38. The summed E-state index contributed by atoms with van der Waals surface area (Å²) in [5.41, 5.74) is -0.594. The molecule has 3 nitrogen and oxygen atoms in total. The summed E-state index contributed by atoms with van der Waals surface area (Å²) in [6.45, 7) is 0.941. The average molecular weight is 175 g/mol. The standard InChI is InChI=1S/C7H7F2NO2/c1-7(11,12)6-5(9)2-4(8)3-10-6/h2-3,11-12H,1H3. The molecule has 0 amide bonds. The lowest BCUT2D eigenvalue weighted by atomic mass is 10.2. The second-order valence-corrected chi connectivity index (χ2v) is 2.50. The predicted octanol–water partition coefficient (Wildman–Crippen LogP) is 0.517. The Labute approximate surface area is 67.3 Å². The van der Waals surface area contributed by atoms with Gasteiger partial charge < -0.3 is 10.2 Å². The van der Waals surface area contributed by atoms with Crippen LogP contribution in [0.4, 0.5) is 8.78 Å². The first-order valence-electron chi connectivity index (χ1n) is 3.17. The smallest absolute Gasteiger partial charge is 0.207 e. The maximum atomic E-state index is 12.7. The van der Waals surface area contributed by atoms with Crippen molar-refractivity contribution in [1.29, 1.82) is 0 Å². The van der Waals surface area contributed by atoms with Crippen LogP contribution in [0.2, 0.25) is 0 Å². The zero-order chi connectivity index (χ0) is 9.35. The van der Waals surface area contributed by atoms with Crippen LogP contribution in [0.15, 0.2) is 12.3 Å². The van der Waals surface area contributed by atoms with Crippen LogP contribution < -0.4 is 0 Å². The van der Waals surface area contributed by atoms with Crippen molar-refractivity contribution >= 4 is 0 Å². The molecule has 0 unspecified atom stereocenters. The summed E-state index contributed by atoms with van der Waals surface area (Å²) < 4.78 is 25.0. The molecule has 5 heteroatoms. The third kappa shape index (κ3) is 1.75. The van der Waals surface area contributed by atoms with Gasteiger partial charge in [0, 0.05) is 6.07 Å². The van der Waals surface area contributed by atoms with Gasteiger partial charge in [-0.05, 0) is 6.92 Å². The number of pyridine rings is 1. The molecule has 12 heavy (non-hydrogen) atoms. The van der Waals surface area contributed by atoms with E-state index in [-0.39, 0.29) is 0 Å². The summed E-state index contributed by atoms with van der Waals surface area (Å²) in [6, 6.07) is 0.535. The minimum absolute atomic E-state index is 0.535. The number of hydrogen-bond acceptors (Lipinski definition) is 3. The number of halogens is 2. The molecule has 2 N–H and O–H groups in total. The minimum Gasteiger partial charge on any atom is -0.361 e. The van der Waals surface area contributed by atoms with Crippen LogP contribution in [-0.2, 0) is 5.79 Å². The Bertz CT molecular complexity index is 296. The number of aliphatic hydroxyl groups is 2. The molecule has 1 aromatic heterocycles. The van der Waals surface area contributed by atoms with E-state index in [0.717, 1.165) is 6.92 Å². The summed E-state index contributed by atoms with van der Waals surface area (Å²) in [5, 5.41) is 17.8. The lowest BCUT2D eigenvalue weighted by Crippen LogP contribution is -2.23. The Hall–Kier alpha value is -1.07. The van der Waals surface area contributed by atoms with Crippen molar-refractivity contribution in [1.82, 2.24) is 4.98 Å². The van der Waals surface area contributed by atoms with E-state index >= 15 is 0 Å². The SMILES string of the molecule is CC(O)(O)c1ncc(F)cc1F. The monoisotopic (exact) mass is 175 g/mol. The summed E-state index contributed by atoms with van der Waals surface area (Å²) in [6.07, 6.45) is 0.711. The summed E-state index contributed by atoms with van der Waals surface area (Å²) in [7, 11) is 0. The third-order valence-electron chi connectivity index (χ3n) is 1.26. The predicted molar refractivity (Wildman–Crippen MR) is 35.9 cm³/mol. The van der Waals surface area contributed by atoms with Crippen molar-refractivity contribution in [2.45, 2.75) is 12.7 Å². The van der Waals surface area contributed by atoms with Gasteiger partial charge in [0.1, 0.15) is 11.5 Å². The highest BCUT2D eigenvalue weighted by atomic mass is 19.1. The summed E-state index contributed by atoms with van der Waals surface area (Å²) >= 11 is 0. The van der Waals surface area contributed by atoms with Gasteiger partial charge in [0.15, 0.2) is 5.82 Å². The lowest BCUT2D eigenvalue weighted by Gasteiger charge is -2.14. The molecule has 0 radical (unpaired) electrons. The fourth-order valence-corrected chi connectivity index (χ4v) is 0.763. The number of nitrogens with zero attached hydrogens (tertiary/aromatic N) is 1. The quantitative estimate of drug-likeness (QED) is 0.611. The molecule has 1 heterocycles. The van der Waals surface area contributed by atoms with Crippen molar-refractivity contribution in [2.75, 3.05) is 0 Å². The van der Waals surface area contributed by atoms with Gasteiger partial charge in [0.2, 0.25) is 5.79 Å². The molecule has 0 fully saturated rings. The largest absolute Gasteiger partial charge is 0.361 e. The normalized spacial score (nSPS) is 11.8. The molecule has 0 aliphatic carbocycles. The van der Waals surface area contributed by atoms with Crippen LogP contribution >= 0.6 is 0 Å². The van der Waals surface area contributed by atoms with Gasteiger partial charge in [0.25, 0.3) is 0 Å². The van der Waals surface area contributed by atoms with Crippen molar-refractivity contribution in [3.05, 3.63) is 29.6 Å². The molecule has 1 rings (SSSR count). The van der Waals surface area contributed by atoms with E-state index in [1.807, 2.05) is 0 Å². The molecule has 0 aliphatic heterocycles. The van der Waals surface area contributed by atoms with Crippen LogP contribution in [0.25, 0.3) is 0 Å². The van der Waals surface area contributed by atoms with Gasteiger partial charge in [-0.1, -0.05) is 0 Å². The topological polar surface area (TPSA) is 53.4 Å². The van der Waals surface area contributed by atoms with Gasteiger partial charge in [-0.25, -0.2) is 13.8 Å². The Morgan fingerprint density at radius 3 is 2.42 bits per heavy atom. The molecule has 0 atom stereocenters. The van der Waals surface area contributed by atoms with Crippen LogP contribution in [0.1, 0.15) is 12.6 Å². The van der Waals surface area contributed by atoms with E-state index in [4.69, 9.17) is 10.2 Å². The first kappa shape index (κ1) is 9.02. The van der Waals surface area contributed by atoms with Crippen molar-refractivity contribution in [3.8, 4) is 0 Å². The fourth-order valence-electron chi connectivity index (χ4n) is 0.763. The van der Waals surface area contributed by atoms with Gasteiger partial charge in [0.05, 0.1) is 6.20 Å². The molecule has 0 saturated carbocycles. The number of aromatic nitrogens is 1. The van der Waals surface area contributed by atoms with Crippen LogP contribution in [0, 0.1) is 11.6 Å². The highest BCUT2D eigenvalue weighted by Gasteiger charge is 2.24. The Kier molecular flexibility index (Phi) is 2.08. The van der Waals surface area contributed by atoms with Gasteiger partial charge in [-0.2, -0.15) is 0 Å². The van der Waals surface area contributed by atoms with Gasteiger partial charge in [-0.15, -0.1) is 0 Å². The molecule has 0 aliphatic rings. The molecule has 1 aromatic rings. The first-order valence-corrected chi connectivity index (χ1v) is 3.17. The summed E-state index contributed by atoms with van der Waals surface area (Å²) in [4.78, 5) is 3.20. The zero-order valence-corrected chi connectivity index (χ0v) is 6.25. The van der Waals surface area contributed by atoms with E-state index in [9.17, 15) is 8.78 Å². The molecule has 0 aromatic carbocycles. The van der Waals surface area contributed by atoms with Crippen molar-refractivity contribution in [3.63, 3.8) is 0 Å². The first-order chi connectivity index (χ1) is 5.41. The second kappa shape index (κ2) is 2.76. The average Bonchev–Trinajstić information content (AvgIpc) is 1.83.